The minimum Gasteiger partial charge on any atom is -0.322 e. The summed E-state index contributed by atoms with van der Waals surface area (Å²) in [5, 5.41) is 16.8. The Morgan fingerprint density at radius 1 is 0.973 bits per heavy atom. The molecular formula is C27H28ClN5O4. The van der Waals surface area contributed by atoms with Crippen LogP contribution in [0.5, 0.6) is 0 Å². The van der Waals surface area contributed by atoms with Crippen LogP contribution in [0, 0.1) is 17.0 Å². The van der Waals surface area contributed by atoms with Crippen molar-refractivity contribution in [3.63, 3.8) is 0 Å². The summed E-state index contributed by atoms with van der Waals surface area (Å²) in [4.78, 5) is 41.2. The summed E-state index contributed by atoms with van der Waals surface area (Å²) in [6.07, 6.45) is 0. The summed E-state index contributed by atoms with van der Waals surface area (Å²) in [6, 6.07) is 16.8. The normalized spacial score (nSPS) is 14.2. The Morgan fingerprint density at radius 3 is 2.43 bits per heavy atom. The number of likely N-dealkylation sites (N-methyl/N-ethyl adjacent to an activating group) is 1. The maximum Gasteiger partial charge on any atom is 0.300 e. The van der Waals surface area contributed by atoms with E-state index in [1.807, 2.05) is 25.1 Å². The van der Waals surface area contributed by atoms with Gasteiger partial charge in [0, 0.05) is 49.7 Å². The fraction of sp³-hybridized carbons (Fsp3) is 0.259. The quantitative estimate of drug-likeness (QED) is 0.341. The minimum absolute atomic E-state index is 0.121. The lowest BCUT2D eigenvalue weighted by molar-refractivity contribution is -0.385. The van der Waals surface area contributed by atoms with Crippen molar-refractivity contribution in [2.45, 2.75) is 13.5 Å². The number of hydrogen-bond acceptors (Lipinski definition) is 6. The van der Waals surface area contributed by atoms with Crippen molar-refractivity contribution in [2.75, 3.05) is 43.9 Å². The molecule has 1 heterocycles. The van der Waals surface area contributed by atoms with Crippen molar-refractivity contribution in [3.05, 3.63) is 98.1 Å². The largest absolute Gasteiger partial charge is 0.322 e. The monoisotopic (exact) mass is 521 g/mol. The average molecular weight is 522 g/mol. The molecule has 1 aliphatic rings. The molecule has 0 aromatic heterocycles. The number of piperazine rings is 1. The first-order valence-corrected chi connectivity index (χ1v) is 12.2. The van der Waals surface area contributed by atoms with Crippen molar-refractivity contribution in [1.82, 2.24) is 9.80 Å². The molecule has 0 spiro atoms. The van der Waals surface area contributed by atoms with Gasteiger partial charge in [0.1, 0.15) is 10.6 Å². The second-order valence-corrected chi connectivity index (χ2v) is 9.52. The first-order valence-electron chi connectivity index (χ1n) is 11.9. The summed E-state index contributed by atoms with van der Waals surface area (Å²) in [7, 11) is 2.12. The van der Waals surface area contributed by atoms with Gasteiger partial charge in [-0.1, -0.05) is 35.9 Å². The second-order valence-electron chi connectivity index (χ2n) is 9.11. The molecule has 2 amide bonds. The molecular weight excluding hydrogens is 494 g/mol. The Labute approximate surface area is 220 Å². The Kier molecular flexibility index (Phi) is 8.17. The number of carbonyl (C=O) groups is 2. The highest BCUT2D eigenvalue weighted by molar-refractivity contribution is 6.33. The summed E-state index contributed by atoms with van der Waals surface area (Å²) >= 11 is 5.93. The highest BCUT2D eigenvalue weighted by Gasteiger charge is 2.24. The Bertz CT molecular complexity index is 1340. The molecule has 0 atom stereocenters. The SMILES string of the molecule is Cc1ccc(NC(=O)c2cccc(Cl)c2[N+](=O)[O-])cc1NC(=O)c1cccc(CN2CCN(C)CC2)c1. The maximum absolute atomic E-state index is 13.1. The van der Waals surface area contributed by atoms with Crippen LogP contribution in [0.15, 0.2) is 60.7 Å². The fourth-order valence-electron chi connectivity index (χ4n) is 4.19. The lowest BCUT2D eigenvalue weighted by atomic mass is 10.1. The third kappa shape index (κ3) is 6.51. The third-order valence-corrected chi connectivity index (χ3v) is 6.65. The predicted octanol–water partition coefficient (Wildman–Crippen LogP) is 4.81. The fourth-order valence-corrected chi connectivity index (χ4v) is 4.43. The van der Waals surface area contributed by atoms with Crippen molar-refractivity contribution >= 4 is 40.5 Å². The van der Waals surface area contributed by atoms with Crippen molar-refractivity contribution < 1.29 is 14.5 Å². The van der Waals surface area contributed by atoms with E-state index in [0.717, 1.165) is 43.9 Å². The summed E-state index contributed by atoms with van der Waals surface area (Å²) < 4.78 is 0. The molecule has 3 aromatic rings. The van der Waals surface area contributed by atoms with Crippen LogP contribution < -0.4 is 10.6 Å². The third-order valence-electron chi connectivity index (χ3n) is 6.35. The number of nitrogens with zero attached hydrogens (tertiary/aromatic N) is 3. The zero-order chi connectivity index (χ0) is 26.5. The molecule has 0 unspecified atom stereocenters. The highest BCUT2D eigenvalue weighted by atomic mass is 35.5. The van der Waals surface area contributed by atoms with Crippen LogP contribution in [0.2, 0.25) is 5.02 Å². The number of para-hydroxylation sites is 1. The van der Waals surface area contributed by atoms with Crippen LogP contribution in [-0.2, 0) is 6.54 Å². The van der Waals surface area contributed by atoms with Gasteiger partial charge in [0.05, 0.1) is 4.92 Å². The van der Waals surface area contributed by atoms with Gasteiger partial charge < -0.3 is 15.5 Å². The molecule has 0 bridgehead atoms. The number of hydrogen-bond donors (Lipinski definition) is 2. The van der Waals surface area contributed by atoms with Crippen LogP contribution in [0.25, 0.3) is 0 Å². The number of nitro benzene ring substituents is 1. The van der Waals surface area contributed by atoms with E-state index in [4.69, 9.17) is 11.6 Å². The average Bonchev–Trinajstić information content (AvgIpc) is 2.87. The number of carbonyl (C=O) groups excluding carboxylic acids is 2. The van der Waals surface area contributed by atoms with Crippen molar-refractivity contribution in [2.24, 2.45) is 0 Å². The van der Waals surface area contributed by atoms with E-state index in [1.165, 1.54) is 18.2 Å². The molecule has 37 heavy (non-hydrogen) atoms. The Balaban J connectivity index is 1.47. The molecule has 4 rings (SSSR count). The van der Waals surface area contributed by atoms with Gasteiger partial charge in [-0.25, -0.2) is 0 Å². The van der Waals surface area contributed by atoms with Gasteiger partial charge >= 0.3 is 5.69 Å². The predicted molar refractivity (Wildman–Crippen MR) is 144 cm³/mol. The van der Waals surface area contributed by atoms with Crippen molar-refractivity contribution in [3.8, 4) is 0 Å². The minimum atomic E-state index is -0.685. The summed E-state index contributed by atoms with van der Waals surface area (Å²) in [5.41, 5.74) is 2.69. The molecule has 3 aromatic carbocycles. The zero-order valence-electron chi connectivity index (χ0n) is 20.7. The van der Waals surface area contributed by atoms with Crippen molar-refractivity contribution in [1.29, 1.82) is 0 Å². The van der Waals surface area contributed by atoms with Gasteiger partial charge in [0.25, 0.3) is 11.8 Å². The second kappa shape index (κ2) is 11.5. The van der Waals surface area contributed by atoms with Gasteiger partial charge in [-0.3, -0.25) is 24.6 Å². The summed E-state index contributed by atoms with van der Waals surface area (Å²) in [6.45, 7) is 6.65. The van der Waals surface area contributed by atoms with E-state index in [0.29, 0.717) is 16.9 Å². The number of nitro groups is 1. The first-order chi connectivity index (χ1) is 17.7. The van der Waals surface area contributed by atoms with E-state index in [1.54, 1.807) is 24.3 Å². The molecule has 0 saturated carbocycles. The molecule has 1 saturated heterocycles. The molecule has 1 aliphatic heterocycles. The van der Waals surface area contributed by atoms with Crippen LogP contribution in [0.4, 0.5) is 17.1 Å². The molecule has 10 heteroatoms. The Hall–Kier alpha value is -3.79. The van der Waals surface area contributed by atoms with Gasteiger partial charge in [-0.2, -0.15) is 0 Å². The number of rotatable bonds is 7. The first kappa shape index (κ1) is 26.3. The van der Waals surface area contributed by atoms with Gasteiger partial charge in [0.15, 0.2) is 0 Å². The van der Waals surface area contributed by atoms with E-state index in [9.17, 15) is 19.7 Å². The number of aryl methyl sites for hydroxylation is 1. The van der Waals surface area contributed by atoms with E-state index in [-0.39, 0.29) is 16.5 Å². The molecule has 0 radical (unpaired) electrons. The van der Waals surface area contributed by atoms with Gasteiger partial charge in [-0.15, -0.1) is 0 Å². The Morgan fingerprint density at radius 2 is 1.70 bits per heavy atom. The van der Waals surface area contributed by atoms with Crippen LogP contribution >= 0.6 is 11.6 Å². The van der Waals surface area contributed by atoms with Gasteiger partial charge in [0.2, 0.25) is 0 Å². The standard InChI is InChI=1S/C27H28ClN5O4/c1-18-9-10-21(29-27(35)22-7-4-8-23(28)25(22)33(36)37)16-24(18)30-26(34)20-6-3-5-19(15-20)17-32-13-11-31(2)12-14-32/h3-10,15-16H,11-14,17H2,1-2H3,(H,29,35)(H,30,34). The summed E-state index contributed by atoms with van der Waals surface area (Å²) in [5.74, 6) is -0.941. The molecule has 9 nitrogen and oxygen atoms in total. The van der Waals surface area contributed by atoms with Crippen LogP contribution in [0.3, 0.4) is 0 Å². The van der Waals surface area contributed by atoms with Gasteiger partial charge in [-0.05, 0) is 61.5 Å². The molecule has 1 fully saturated rings. The number of anilines is 2. The van der Waals surface area contributed by atoms with Crippen LogP contribution in [0.1, 0.15) is 31.8 Å². The van der Waals surface area contributed by atoms with E-state index >= 15 is 0 Å². The van der Waals surface area contributed by atoms with Crippen LogP contribution in [-0.4, -0.2) is 59.8 Å². The maximum atomic E-state index is 13.1. The molecule has 192 valence electrons. The topological polar surface area (TPSA) is 108 Å². The lowest BCUT2D eigenvalue weighted by Gasteiger charge is -2.32. The number of amides is 2. The lowest BCUT2D eigenvalue weighted by Crippen LogP contribution is -2.43. The number of nitrogens with one attached hydrogen (secondary N) is 2. The zero-order valence-corrected chi connectivity index (χ0v) is 21.4. The molecule has 0 aliphatic carbocycles. The smallest absolute Gasteiger partial charge is 0.300 e. The molecule has 2 N–H and O–H groups in total. The van der Waals surface area contributed by atoms with E-state index < -0.39 is 16.5 Å². The number of halogens is 1. The van der Waals surface area contributed by atoms with E-state index in [2.05, 4.69) is 27.5 Å². The number of benzene rings is 3. The highest BCUT2D eigenvalue weighted by Crippen LogP contribution is 2.29.